The van der Waals surface area contributed by atoms with E-state index in [0.29, 0.717) is 17.9 Å². The maximum absolute atomic E-state index is 12.5. The van der Waals surface area contributed by atoms with Crippen molar-refractivity contribution in [2.45, 2.75) is 44.1 Å². The highest BCUT2D eigenvalue weighted by atomic mass is 32.2. The second kappa shape index (κ2) is 8.82. The van der Waals surface area contributed by atoms with Gasteiger partial charge in [-0.2, -0.15) is 0 Å². The van der Waals surface area contributed by atoms with E-state index in [4.69, 9.17) is 9.40 Å². The first kappa shape index (κ1) is 20.8. The molecule has 1 fully saturated rings. The molecule has 9 heteroatoms. The topological polar surface area (TPSA) is 81.5 Å². The summed E-state index contributed by atoms with van der Waals surface area (Å²) >= 11 is 1.54. The minimum atomic E-state index is -0.0746. The lowest BCUT2D eigenvalue weighted by atomic mass is 10.00. The molecule has 1 saturated heterocycles. The number of nitrogens with zero attached hydrogens (tertiary/aromatic N) is 6. The number of anilines is 1. The standard InChI is InChI=1S/C23H26N6O2S/c1-16-7-10-27(11-8-16)22-25-26-23(29(22)14-19-6-4-12-31-19)32-15-18-13-20(30)28-9-3-5-17(2)21(28)24-18/h3-6,9,12-13,16H,7-8,10-11,14-15H2,1-2H3. The van der Waals surface area contributed by atoms with Crippen LogP contribution < -0.4 is 10.5 Å². The van der Waals surface area contributed by atoms with Crippen molar-refractivity contribution in [3.8, 4) is 0 Å². The maximum atomic E-state index is 12.5. The molecule has 1 aliphatic heterocycles. The summed E-state index contributed by atoms with van der Waals surface area (Å²) < 4.78 is 9.29. The highest BCUT2D eigenvalue weighted by Gasteiger charge is 2.23. The SMILES string of the molecule is Cc1cccn2c(=O)cc(CSc3nnc(N4CCC(C)CC4)n3Cc3ccco3)nc12. The Morgan fingerprint density at radius 3 is 2.81 bits per heavy atom. The average Bonchev–Trinajstić information content (AvgIpc) is 3.44. The van der Waals surface area contributed by atoms with Crippen LogP contribution in [0, 0.1) is 12.8 Å². The molecule has 0 amide bonds. The lowest BCUT2D eigenvalue weighted by molar-refractivity contribution is 0.427. The summed E-state index contributed by atoms with van der Waals surface area (Å²) in [6, 6.07) is 9.28. The highest BCUT2D eigenvalue weighted by molar-refractivity contribution is 7.98. The lowest BCUT2D eigenvalue weighted by Gasteiger charge is -2.31. The molecule has 1 aliphatic rings. The summed E-state index contributed by atoms with van der Waals surface area (Å²) in [5.74, 6) is 3.00. The highest BCUT2D eigenvalue weighted by Crippen LogP contribution is 2.28. The number of pyridine rings is 1. The molecule has 0 saturated carbocycles. The quantitative estimate of drug-likeness (QED) is 0.414. The van der Waals surface area contributed by atoms with Gasteiger partial charge in [0, 0.05) is 31.1 Å². The summed E-state index contributed by atoms with van der Waals surface area (Å²) in [5, 5.41) is 9.81. The maximum Gasteiger partial charge on any atom is 0.258 e. The van der Waals surface area contributed by atoms with Crippen LogP contribution in [0.2, 0.25) is 0 Å². The van der Waals surface area contributed by atoms with Crippen LogP contribution in [-0.4, -0.2) is 37.2 Å². The summed E-state index contributed by atoms with van der Waals surface area (Å²) in [6.45, 7) is 6.78. The molecular formula is C23H26N6O2S. The normalized spacial score (nSPS) is 15.0. The van der Waals surface area contributed by atoms with Crippen LogP contribution in [0.3, 0.4) is 0 Å². The van der Waals surface area contributed by atoms with Crippen LogP contribution in [-0.2, 0) is 12.3 Å². The van der Waals surface area contributed by atoms with Gasteiger partial charge in [-0.3, -0.25) is 13.8 Å². The van der Waals surface area contributed by atoms with Gasteiger partial charge < -0.3 is 9.32 Å². The Labute approximate surface area is 190 Å². The number of aromatic nitrogens is 5. The van der Waals surface area contributed by atoms with Gasteiger partial charge >= 0.3 is 0 Å². The smallest absolute Gasteiger partial charge is 0.258 e. The van der Waals surface area contributed by atoms with Crippen molar-refractivity contribution in [2.24, 2.45) is 5.92 Å². The molecule has 0 unspecified atom stereocenters. The second-order valence-corrected chi connectivity index (χ2v) is 9.32. The van der Waals surface area contributed by atoms with Crippen molar-refractivity contribution in [3.63, 3.8) is 0 Å². The Morgan fingerprint density at radius 2 is 2.03 bits per heavy atom. The van der Waals surface area contributed by atoms with E-state index < -0.39 is 0 Å². The number of furan rings is 1. The number of fused-ring (bicyclic) bond motifs is 1. The van der Waals surface area contributed by atoms with E-state index in [1.54, 1.807) is 34.7 Å². The van der Waals surface area contributed by atoms with Crippen molar-refractivity contribution >= 4 is 23.4 Å². The second-order valence-electron chi connectivity index (χ2n) is 8.38. The minimum absolute atomic E-state index is 0.0746. The molecule has 166 valence electrons. The van der Waals surface area contributed by atoms with Gasteiger partial charge in [-0.1, -0.05) is 24.8 Å². The fraction of sp³-hybridized carbons (Fsp3) is 0.391. The zero-order valence-electron chi connectivity index (χ0n) is 18.3. The molecule has 0 bridgehead atoms. The van der Waals surface area contributed by atoms with Crippen molar-refractivity contribution in [2.75, 3.05) is 18.0 Å². The monoisotopic (exact) mass is 450 g/mol. The van der Waals surface area contributed by atoms with Gasteiger partial charge in [0.25, 0.3) is 5.56 Å². The minimum Gasteiger partial charge on any atom is -0.467 e. The molecule has 4 aromatic heterocycles. The number of hydrogen-bond acceptors (Lipinski definition) is 7. The zero-order valence-corrected chi connectivity index (χ0v) is 19.1. The Balaban J connectivity index is 1.42. The molecule has 5 heterocycles. The zero-order chi connectivity index (χ0) is 22.1. The molecule has 0 aliphatic carbocycles. The van der Waals surface area contributed by atoms with Gasteiger partial charge in [0.1, 0.15) is 11.4 Å². The largest absolute Gasteiger partial charge is 0.467 e. The fourth-order valence-electron chi connectivity index (χ4n) is 4.05. The predicted molar refractivity (Wildman–Crippen MR) is 124 cm³/mol. The van der Waals surface area contributed by atoms with E-state index in [1.165, 1.54) is 0 Å². The average molecular weight is 451 g/mol. The number of rotatable bonds is 6. The molecule has 32 heavy (non-hydrogen) atoms. The van der Waals surface area contributed by atoms with Crippen LogP contribution in [0.25, 0.3) is 5.65 Å². The van der Waals surface area contributed by atoms with Crippen molar-refractivity contribution < 1.29 is 4.42 Å². The van der Waals surface area contributed by atoms with E-state index in [9.17, 15) is 4.79 Å². The van der Waals surface area contributed by atoms with Crippen molar-refractivity contribution in [3.05, 3.63) is 70.2 Å². The van der Waals surface area contributed by atoms with Gasteiger partial charge in [0.2, 0.25) is 5.95 Å². The van der Waals surface area contributed by atoms with Crippen LogP contribution in [0.4, 0.5) is 5.95 Å². The first-order valence-corrected chi connectivity index (χ1v) is 11.9. The lowest BCUT2D eigenvalue weighted by Crippen LogP contribution is -2.35. The number of aryl methyl sites for hydroxylation is 1. The van der Waals surface area contributed by atoms with E-state index in [1.807, 2.05) is 31.2 Å². The molecular weight excluding hydrogens is 424 g/mol. The third-order valence-electron chi connectivity index (χ3n) is 5.95. The van der Waals surface area contributed by atoms with Crippen LogP contribution in [0.15, 0.2) is 57.2 Å². The molecule has 4 aromatic rings. The van der Waals surface area contributed by atoms with Crippen molar-refractivity contribution in [1.82, 2.24) is 24.1 Å². The Hall–Kier alpha value is -3.07. The van der Waals surface area contributed by atoms with E-state index in [0.717, 1.165) is 60.0 Å². The van der Waals surface area contributed by atoms with Gasteiger partial charge in [-0.05, 0) is 49.4 Å². The summed E-state index contributed by atoms with van der Waals surface area (Å²) in [7, 11) is 0. The predicted octanol–water partition coefficient (Wildman–Crippen LogP) is 3.76. The first-order chi connectivity index (χ1) is 15.6. The Morgan fingerprint density at radius 1 is 1.19 bits per heavy atom. The Bertz CT molecular complexity index is 1270. The Kier molecular flexibility index (Phi) is 5.73. The molecule has 0 N–H and O–H groups in total. The molecule has 0 spiro atoms. The molecule has 0 atom stereocenters. The molecule has 5 rings (SSSR count). The summed E-state index contributed by atoms with van der Waals surface area (Å²) in [4.78, 5) is 19.6. The third-order valence-corrected chi connectivity index (χ3v) is 6.95. The molecule has 0 aromatic carbocycles. The van der Waals surface area contributed by atoms with Gasteiger partial charge in [0.15, 0.2) is 5.16 Å². The molecule has 0 radical (unpaired) electrons. The number of thioether (sulfide) groups is 1. The van der Waals surface area contributed by atoms with E-state index in [2.05, 4.69) is 26.6 Å². The number of piperidine rings is 1. The fourth-order valence-corrected chi connectivity index (χ4v) is 4.87. The first-order valence-electron chi connectivity index (χ1n) is 10.9. The van der Waals surface area contributed by atoms with Gasteiger partial charge in [-0.15, -0.1) is 10.2 Å². The van der Waals surface area contributed by atoms with Crippen LogP contribution in [0.1, 0.15) is 36.8 Å². The van der Waals surface area contributed by atoms with Gasteiger partial charge in [0.05, 0.1) is 18.5 Å². The van der Waals surface area contributed by atoms with Crippen LogP contribution in [0.5, 0.6) is 0 Å². The van der Waals surface area contributed by atoms with Gasteiger partial charge in [-0.25, -0.2) is 4.98 Å². The number of hydrogen-bond donors (Lipinski definition) is 0. The van der Waals surface area contributed by atoms with Crippen LogP contribution >= 0.6 is 11.8 Å². The third kappa shape index (κ3) is 4.17. The van der Waals surface area contributed by atoms with Crippen molar-refractivity contribution in [1.29, 1.82) is 0 Å². The summed E-state index contributed by atoms with van der Waals surface area (Å²) in [5.41, 5.74) is 2.32. The van der Waals surface area contributed by atoms with E-state index in [-0.39, 0.29) is 5.56 Å². The molecule has 8 nitrogen and oxygen atoms in total. The summed E-state index contributed by atoms with van der Waals surface area (Å²) in [6.07, 6.45) is 5.74. The van der Waals surface area contributed by atoms with E-state index >= 15 is 0 Å².